The molecule has 0 saturated heterocycles. The van der Waals surface area contributed by atoms with Gasteiger partial charge in [0.15, 0.2) is 0 Å². The van der Waals surface area contributed by atoms with E-state index in [1.165, 1.54) is 31.2 Å². The Balaban J connectivity index is 1.83. The number of alkyl halides is 1. The molecule has 1 heterocycles. The van der Waals surface area contributed by atoms with Crippen molar-refractivity contribution < 1.29 is 4.74 Å². The van der Waals surface area contributed by atoms with Crippen LogP contribution >= 0.6 is 11.6 Å². The summed E-state index contributed by atoms with van der Waals surface area (Å²) >= 11 is 6.00. The van der Waals surface area contributed by atoms with E-state index in [1.54, 1.807) is 7.11 Å². The Morgan fingerprint density at radius 3 is 2.90 bits per heavy atom. The quantitative estimate of drug-likeness (QED) is 0.792. The van der Waals surface area contributed by atoms with Gasteiger partial charge in [0, 0.05) is 24.4 Å². The highest BCUT2D eigenvalue weighted by Gasteiger charge is 2.41. The van der Waals surface area contributed by atoms with E-state index in [9.17, 15) is 0 Å². The second kappa shape index (κ2) is 5.20. The summed E-state index contributed by atoms with van der Waals surface area (Å²) in [7, 11) is 1.70. The van der Waals surface area contributed by atoms with E-state index in [1.807, 2.05) is 12.1 Å². The number of ether oxygens (including phenoxy) is 1. The fraction of sp³-hybridized carbons (Fsp3) is 0.588. The summed E-state index contributed by atoms with van der Waals surface area (Å²) in [6.45, 7) is 0. The Bertz CT molecular complexity index is 666. The summed E-state index contributed by atoms with van der Waals surface area (Å²) in [5.74, 6) is 4.41. The van der Waals surface area contributed by atoms with Crippen LogP contribution in [0.3, 0.4) is 0 Å². The lowest BCUT2D eigenvalue weighted by Crippen LogP contribution is -2.18. The van der Waals surface area contributed by atoms with Gasteiger partial charge in [-0.15, -0.1) is 11.6 Å². The molecule has 1 aromatic heterocycles. The summed E-state index contributed by atoms with van der Waals surface area (Å²) in [6, 6.07) is 6.86. The van der Waals surface area contributed by atoms with Crippen molar-refractivity contribution in [2.45, 2.75) is 38.1 Å². The number of aryl methyl sites for hydroxylation is 1. The number of halogens is 1. The number of hydrogen-bond acceptors (Lipinski definition) is 2. The van der Waals surface area contributed by atoms with Crippen molar-refractivity contribution in [1.82, 2.24) is 9.55 Å². The summed E-state index contributed by atoms with van der Waals surface area (Å²) < 4.78 is 7.82. The van der Waals surface area contributed by atoms with Crippen molar-refractivity contribution >= 4 is 22.6 Å². The third-order valence-corrected chi connectivity index (χ3v) is 5.51. The molecule has 0 amide bonds. The highest BCUT2D eigenvalue weighted by molar-refractivity contribution is 6.17. The molecule has 2 bridgehead atoms. The lowest BCUT2D eigenvalue weighted by atomic mass is 9.95. The standard InChI is InChI=1S/C17H21ClN2O/c1-21-13-4-5-15-14(10-13)19-17(6-7-18)20(15)16-9-11-2-3-12(16)8-11/h4-5,10-12,16H,2-3,6-9H2,1H3. The van der Waals surface area contributed by atoms with Crippen LogP contribution in [0, 0.1) is 11.8 Å². The van der Waals surface area contributed by atoms with Crippen molar-refractivity contribution in [2.24, 2.45) is 11.8 Å². The van der Waals surface area contributed by atoms with E-state index < -0.39 is 0 Å². The van der Waals surface area contributed by atoms with Crippen molar-refractivity contribution in [3.05, 3.63) is 24.0 Å². The molecule has 3 atom stereocenters. The van der Waals surface area contributed by atoms with Gasteiger partial charge in [0.05, 0.1) is 18.1 Å². The molecule has 112 valence electrons. The summed E-state index contributed by atoms with van der Waals surface area (Å²) in [6.07, 6.45) is 6.36. The average Bonchev–Trinajstić information content (AvgIpc) is 3.19. The molecule has 2 aliphatic carbocycles. The fourth-order valence-electron chi connectivity index (χ4n) is 4.41. The van der Waals surface area contributed by atoms with Gasteiger partial charge < -0.3 is 9.30 Å². The molecular weight excluding hydrogens is 284 g/mol. The molecule has 3 unspecified atom stereocenters. The van der Waals surface area contributed by atoms with Gasteiger partial charge in [0.25, 0.3) is 0 Å². The molecule has 2 aliphatic rings. The maximum atomic E-state index is 6.00. The van der Waals surface area contributed by atoms with Gasteiger partial charge in [-0.1, -0.05) is 6.42 Å². The maximum Gasteiger partial charge on any atom is 0.121 e. The molecule has 4 rings (SSSR count). The number of imidazole rings is 1. The van der Waals surface area contributed by atoms with Gasteiger partial charge in [-0.3, -0.25) is 0 Å². The Labute approximate surface area is 130 Å². The van der Waals surface area contributed by atoms with Gasteiger partial charge in [-0.05, 0) is 43.2 Å². The molecule has 2 saturated carbocycles. The number of nitrogens with zero attached hydrogens (tertiary/aromatic N) is 2. The molecule has 4 heteroatoms. The van der Waals surface area contributed by atoms with Crippen LogP contribution in [-0.2, 0) is 6.42 Å². The molecule has 2 aromatic rings. The second-order valence-electron chi connectivity index (χ2n) is 6.43. The zero-order valence-electron chi connectivity index (χ0n) is 12.4. The van der Waals surface area contributed by atoms with Crippen LogP contribution < -0.4 is 4.74 Å². The van der Waals surface area contributed by atoms with Crippen molar-refractivity contribution in [3.8, 4) is 5.75 Å². The molecule has 0 N–H and O–H groups in total. The van der Waals surface area contributed by atoms with Crippen molar-refractivity contribution in [2.75, 3.05) is 13.0 Å². The smallest absolute Gasteiger partial charge is 0.121 e. The maximum absolute atomic E-state index is 6.00. The Morgan fingerprint density at radius 1 is 1.33 bits per heavy atom. The van der Waals surface area contributed by atoms with Gasteiger partial charge in [-0.25, -0.2) is 4.98 Å². The Morgan fingerprint density at radius 2 is 2.24 bits per heavy atom. The predicted molar refractivity (Wildman–Crippen MR) is 85.2 cm³/mol. The molecular formula is C17H21ClN2O. The van der Waals surface area contributed by atoms with Gasteiger partial charge in [-0.2, -0.15) is 0 Å². The SMILES string of the molecule is COc1ccc2c(c1)nc(CCCl)n2C1CC2CCC1C2. The van der Waals surface area contributed by atoms with Crippen LogP contribution in [-0.4, -0.2) is 22.5 Å². The van der Waals surface area contributed by atoms with Crippen LogP contribution in [0.15, 0.2) is 18.2 Å². The van der Waals surface area contributed by atoms with E-state index in [4.69, 9.17) is 21.3 Å². The summed E-state index contributed by atoms with van der Waals surface area (Å²) in [5, 5.41) is 0. The number of benzene rings is 1. The van der Waals surface area contributed by atoms with Gasteiger partial charge in [0.1, 0.15) is 11.6 Å². The molecule has 0 spiro atoms. The fourth-order valence-corrected chi connectivity index (χ4v) is 4.58. The van der Waals surface area contributed by atoms with E-state index in [0.29, 0.717) is 11.9 Å². The molecule has 3 nitrogen and oxygen atoms in total. The molecule has 21 heavy (non-hydrogen) atoms. The van der Waals surface area contributed by atoms with E-state index in [0.717, 1.165) is 35.3 Å². The summed E-state index contributed by atoms with van der Waals surface area (Å²) in [5.41, 5.74) is 2.28. The first kappa shape index (κ1) is 13.4. The van der Waals surface area contributed by atoms with Gasteiger partial charge in [0.2, 0.25) is 0 Å². The number of fused-ring (bicyclic) bond motifs is 3. The molecule has 1 aromatic carbocycles. The normalized spacial score (nSPS) is 27.6. The topological polar surface area (TPSA) is 27.1 Å². The van der Waals surface area contributed by atoms with Crippen LogP contribution in [0.25, 0.3) is 11.0 Å². The van der Waals surface area contributed by atoms with Crippen molar-refractivity contribution in [1.29, 1.82) is 0 Å². The zero-order chi connectivity index (χ0) is 14.4. The van der Waals surface area contributed by atoms with Crippen LogP contribution in [0.1, 0.15) is 37.5 Å². The summed E-state index contributed by atoms with van der Waals surface area (Å²) in [4.78, 5) is 4.84. The van der Waals surface area contributed by atoms with E-state index >= 15 is 0 Å². The van der Waals surface area contributed by atoms with Gasteiger partial charge >= 0.3 is 0 Å². The minimum atomic E-state index is 0.625. The van der Waals surface area contributed by atoms with Crippen LogP contribution in [0.2, 0.25) is 0 Å². The monoisotopic (exact) mass is 304 g/mol. The molecule has 0 radical (unpaired) electrons. The van der Waals surface area contributed by atoms with Crippen LogP contribution in [0.4, 0.5) is 0 Å². The predicted octanol–water partition coefficient (Wildman–Crippen LogP) is 4.19. The second-order valence-corrected chi connectivity index (χ2v) is 6.81. The Kier molecular flexibility index (Phi) is 3.33. The minimum Gasteiger partial charge on any atom is -0.497 e. The minimum absolute atomic E-state index is 0.625. The highest BCUT2D eigenvalue weighted by atomic mass is 35.5. The van der Waals surface area contributed by atoms with Crippen LogP contribution in [0.5, 0.6) is 5.75 Å². The average molecular weight is 305 g/mol. The third-order valence-electron chi connectivity index (χ3n) is 5.32. The number of rotatable bonds is 4. The molecule has 2 fully saturated rings. The first-order valence-electron chi connectivity index (χ1n) is 7.91. The molecule has 0 aliphatic heterocycles. The van der Waals surface area contributed by atoms with E-state index in [-0.39, 0.29) is 0 Å². The number of hydrogen-bond donors (Lipinski definition) is 0. The number of aromatic nitrogens is 2. The Hall–Kier alpha value is -1.22. The first-order chi connectivity index (χ1) is 10.3. The lowest BCUT2D eigenvalue weighted by Gasteiger charge is -2.25. The highest BCUT2D eigenvalue weighted by Crippen LogP contribution is 2.51. The first-order valence-corrected chi connectivity index (χ1v) is 8.44. The van der Waals surface area contributed by atoms with E-state index in [2.05, 4.69) is 10.6 Å². The largest absolute Gasteiger partial charge is 0.497 e. The van der Waals surface area contributed by atoms with Crippen molar-refractivity contribution in [3.63, 3.8) is 0 Å². The third kappa shape index (κ3) is 2.13. The lowest BCUT2D eigenvalue weighted by molar-refractivity contribution is 0.329. The number of methoxy groups -OCH3 is 1. The zero-order valence-corrected chi connectivity index (χ0v) is 13.1.